The molecule has 0 aliphatic carbocycles. The molecule has 0 aliphatic rings. The highest BCUT2D eigenvalue weighted by molar-refractivity contribution is 7.14. The quantitative estimate of drug-likeness (QED) is 0.294. The number of aromatic amines is 1. The van der Waals surface area contributed by atoms with E-state index >= 15 is 0 Å². The third-order valence-electron chi connectivity index (χ3n) is 5.02. The number of thiazole rings is 1. The average Bonchev–Trinajstić information content (AvgIpc) is 3.50. The number of rotatable bonds is 6. The standard InChI is InChI=1S/C25H17ClN4O3S/c26-16-11-9-15(10-12-16)21-14-34-25(29-21)30-22(31)13-33-24(32)18-6-2-1-5-17(18)23-27-19-7-3-4-8-20(19)28-23/h1-12,14H,13H2,(H,27,28)(H,29,30,31). The topological polar surface area (TPSA) is 97.0 Å². The lowest BCUT2D eigenvalue weighted by Gasteiger charge is -2.08. The molecule has 0 unspecified atom stereocenters. The van der Waals surface area contributed by atoms with Gasteiger partial charge in [-0.3, -0.25) is 10.1 Å². The third kappa shape index (κ3) is 4.68. The molecule has 0 saturated heterocycles. The molecule has 3 aromatic carbocycles. The highest BCUT2D eigenvalue weighted by atomic mass is 35.5. The molecule has 0 fully saturated rings. The number of carbonyl (C=O) groups is 2. The molecule has 2 aromatic heterocycles. The molecule has 0 bridgehead atoms. The van der Waals surface area contributed by atoms with Gasteiger partial charge in [-0.2, -0.15) is 0 Å². The van der Waals surface area contributed by atoms with E-state index in [0.29, 0.717) is 32.8 Å². The number of fused-ring (bicyclic) bond motifs is 1. The van der Waals surface area contributed by atoms with Crippen LogP contribution in [0.15, 0.2) is 78.2 Å². The number of carbonyl (C=O) groups excluding carboxylic acids is 2. The molecule has 0 saturated carbocycles. The van der Waals surface area contributed by atoms with Crippen molar-refractivity contribution in [3.8, 4) is 22.6 Å². The van der Waals surface area contributed by atoms with E-state index in [1.165, 1.54) is 11.3 Å². The van der Waals surface area contributed by atoms with Crippen molar-refractivity contribution in [2.24, 2.45) is 0 Å². The molecular formula is C25H17ClN4O3S. The Kier molecular flexibility index (Phi) is 6.07. The number of aromatic nitrogens is 3. The highest BCUT2D eigenvalue weighted by Gasteiger charge is 2.18. The lowest BCUT2D eigenvalue weighted by molar-refractivity contribution is -0.119. The minimum absolute atomic E-state index is 0.314. The summed E-state index contributed by atoms with van der Waals surface area (Å²) in [5, 5.41) is 5.54. The Bertz CT molecular complexity index is 1460. The van der Waals surface area contributed by atoms with Crippen LogP contribution in [0.4, 0.5) is 5.13 Å². The van der Waals surface area contributed by atoms with E-state index in [1.54, 1.807) is 30.3 Å². The van der Waals surface area contributed by atoms with Gasteiger partial charge in [0.1, 0.15) is 5.82 Å². The summed E-state index contributed by atoms with van der Waals surface area (Å²) in [5.74, 6) is -0.547. The van der Waals surface area contributed by atoms with Gasteiger partial charge in [-0.15, -0.1) is 11.3 Å². The van der Waals surface area contributed by atoms with Gasteiger partial charge in [0.05, 0.1) is 22.3 Å². The van der Waals surface area contributed by atoms with Gasteiger partial charge in [0, 0.05) is 21.5 Å². The van der Waals surface area contributed by atoms with Crippen molar-refractivity contribution in [3.05, 3.63) is 88.8 Å². The van der Waals surface area contributed by atoms with Crippen LogP contribution in [0.1, 0.15) is 10.4 Å². The van der Waals surface area contributed by atoms with Gasteiger partial charge in [0.25, 0.3) is 5.91 Å². The van der Waals surface area contributed by atoms with E-state index in [-0.39, 0.29) is 0 Å². The molecule has 0 aliphatic heterocycles. The van der Waals surface area contributed by atoms with Crippen molar-refractivity contribution < 1.29 is 14.3 Å². The van der Waals surface area contributed by atoms with Crippen molar-refractivity contribution >= 4 is 51.0 Å². The third-order valence-corrected chi connectivity index (χ3v) is 6.03. The van der Waals surface area contributed by atoms with E-state index in [1.807, 2.05) is 47.8 Å². The lowest BCUT2D eigenvalue weighted by atomic mass is 10.1. The summed E-state index contributed by atoms with van der Waals surface area (Å²) in [6.07, 6.45) is 0. The Hall–Kier alpha value is -4.01. The van der Waals surface area contributed by atoms with Gasteiger partial charge in [-0.25, -0.2) is 14.8 Å². The summed E-state index contributed by atoms with van der Waals surface area (Å²) < 4.78 is 5.27. The van der Waals surface area contributed by atoms with Gasteiger partial charge in [-0.05, 0) is 30.3 Å². The maximum absolute atomic E-state index is 12.8. The number of amides is 1. The number of H-pyrrole nitrogens is 1. The molecule has 5 rings (SSSR count). The number of benzene rings is 3. The van der Waals surface area contributed by atoms with Gasteiger partial charge in [-0.1, -0.05) is 54.1 Å². The average molecular weight is 489 g/mol. The Balaban J connectivity index is 1.24. The summed E-state index contributed by atoms with van der Waals surface area (Å²) in [6, 6.07) is 21.8. The Morgan fingerprint density at radius 3 is 2.56 bits per heavy atom. The van der Waals surface area contributed by atoms with Gasteiger partial charge in [0.2, 0.25) is 0 Å². The van der Waals surface area contributed by atoms with Gasteiger partial charge >= 0.3 is 5.97 Å². The molecule has 1 amide bonds. The van der Waals surface area contributed by atoms with E-state index < -0.39 is 18.5 Å². The predicted molar refractivity (Wildman–Crippen MR) is 133 cm³/mol. The SMILES string of the molecule is O=C(COC(=O)c1ccccc1-c1nc2ccccc2[nH]1)Nc1nc(-c2ccc(Cl)cc2)cs1. The zero-order valence-corrected chi connectivity index (χ0v) is 19.2. The van der Waals surface area contributed by atoms with Crippen LogP contribution in [0.2, 0.25) is 5.02 Å². The summed E-state index contributed by atoms with van der Waals surface area (Å²) in [7, 11) is 0. The maximum atomic E-state index is 12.8. The van der Waals surface area contributed by atoms with Crippen molar-refractivity contribution in [3.63, 3.8) is 0 Å². The fraction of sp³-hybridized carbons (Fsp3) is 0.0400. The molecule has 2 N–H and O–H groups in total. The summed E-state index contributed by atoms with van der Waals surface area (Å²) in [6.45, 7) is -0.441. The second kappa shape index (κ2) is 9.46. The van der Waals surface area contributed by atoms with Crippen LogP contribution in [-0.2, 0) is 9.53 Å². The fourth-order valence-electron chi connectivity index (χ4n) is 3.40. The second-order valence-electron chi connectivity index (χ2n) is 7.32. The number of ether oxygens (including phenoxy) is 1. The fourth-order valence-corrected chi connectivity index (χ4v) is 4.26. The Labute approximate surface area is 203 Å². The second-order valence-corrected chi connectivity index (χ2v) is 8.61. The smallest absolute Gasteiger partial charge is 0.339 e. The molecule has 168 valence electrons. The lowest BCUT2D eigenvalue weighted by Crippen LogP contribution is -2.21. The first kappa shape index (κ1) is 21.8. The van der Waals surface area contributed by atoms with Gasteiger partial charge < -0.3 is 9.72 Å². The van der Waals surface area contributed by atoms with Crippen LogP contribution in [0.5, 0.6) is 0 Å². The number of imidazole rings is 1. The summed E-state index contributed by atoms with van der Waals surface area (Å²) >= 11 is 7.20. The predicted octanol–water partition coefficient (Wildman–Crippen LogP) is 5.80. The number of nitrogens with one attached hydrogen (secondary N) is 2. The molecule has 0 atom stereocenters. The van der Waals surface area contributed by atoms with Crippen molar-refractivity contribution in [2.45, 2.75) is 0 Å². The number of esters is 1. The number of para-hydroxylation sites is 2. The molecule has 2 heterocycles. The first-order valence-electron chi connectivity index (χ1n) is 10.3. The normalized spacial score (nSPS) is 10.9. The number of halogens is 1. The monoisotopic (exact) mass is 488 g/mol. The maximum Gasteiger partial charge on any atom is 0.339 e. The zero-order chi connectivity index (χ0) is 23.5. The summed E-state index contributed by atoms with van der Waals surface area (Å²) in [5.41, 5.74) is 4.16. The van der Waals surface area contributed by atoms with Crippen LogP contribution in [0.25, 0.3) is 33.7 Å². The first-order valence-corrected chi connectivity index (χ1v) is 11.6. The molecule has 34 heavy (non-hydrogen) atoms. The van der Waals surface area contributed by atoms with E-state index in [9.17, 15) is 9.59 Å². The van der Waals surface area contributed by atoms with Crippen molar-refractivity contribution in [1.29, 1.82) is 0 Å². The largest absolute Gasteiger partial charge is 0.452 e. The Morgan fingerprint density at radius 1 is 0.971 bits per heavy atom. The molecule has 7 nitrogen and oxygen atoms in total. The van der Waals surface area contributed by atoms with E-state index in [2.05, 4.69) is 20.3 Å². The molecule has 0 spiro atoms. The number of nitrogens with zero attached hydrogens (tertiary/aromatic N) is 2. The first-order chi connectivity index (χ1) is 16.6. The zero-order valence-electron chi connectivity index (χ0n) is 17.6. The van der Waals surface area contributed by atoms with E-state index in [4.69, 9.17) is 16.3 Å². The molecular weight excluding hydrogens is 472 g/mol. The Morgan fingerprint density at radius 2 is 1.74 bits per heavy atom. The molecule has 9 heteroatoms. The minimum Gasteiger partial charge on any atom is -0.452 e. The molecule has 5 aromatic rings. The van der Waals surface area contributed by atoms with Crippen LogP contribution in [0.3, 0.4) is 0 Å². The summed E-state index contributed by atoms with van der Waals surface area (Å²) in [4.78, 5) is 37.3. The minimum atomic E-state index is -0.618. The van der Waals surface area contributed by atoms with Crippen molar-refractivity contribution in [2.75, 3.05) is 11.9 Å². The number of hydrogen-bond acceptors (Lipinski definition) is 6. The molecule has 0 radical (unpaired) electrons. The van der Waals surface area contributed by atoms with Gasteiger partial charge in [0.15, 0.2) is 11.7 Å². The van der Waals surface area contributed by atoms with Crippen LogP contribution < -0.4 is 5.32 Å². The van der Waals surface area contributed by atoms with Crippen LogP contribution >= 0.6 is 22.9 Å². The van der Waals surface area contributed by atoms with Crippen LogP contribution in [-0.4, -0.2) is 33.4 Å². The highest BCUT2D eigenvalue weighted by Crippen LogP contribution is 2.27. The number of anilines is 1. The van der Waals surface area contributed by atoms with Crippen LogP contribution in [0, 0.1) is 0 Å². The van der Waals surface area contributed by atoms with Crippen molar-refractivity contribution in [1.82, 2.24) is 15.0 Å². The van der Waals surface area contributed by atoms with E-state index in [0.717, 1.165) is 16.6 Å². The number of hydrogen-bond donors (Lipinski definition) is 2.